The third-order valence-electron chi connectivity index (χ3n) is 4.72. The van der Waals surface area contributed by atoms with Crippen molar-refractivity contribution in [1.82, 2.24) is 15.7 Å². The fourth-order valence-corrected chi connectivity index (χ4v) is 3.77. The molecule has 2 aromatic rings. The van der Waals surface area contributed by atoms with E-state index < -0.39 is 24.4 Å². The zero-order valence-electron chi connectivity index (χ0n) is 17.8. The lowest BCUT2D eigenvalue weighted by atomic mass is 10.1. The fraction of sp³-hybridized carbons (Fsp3) is 0.333. The fourth-order valence-electron chi connectivity index (χ4n) is 3.28. The average Bonchev–Trinajstić information content (AvgIpc) is 3.15. The average molecular weight is 504 g/mol. The lowest BCUT2D eigenvalue weighted by molar-refractivity contribution is -0.142. The van der Waals surface area contributed by atoms with Crippen LogP contribution in [0.2, 0.25) is 10.0 Å². The first-order valence-electron chi connectivity index (χ1n) is 9.89. The molecule has 12 heteroatoms. The summed E-state index contributed by atoms with van der Waals surface area (Å²) in [7, 11) is 0. The molecule has 4 N–H and O–H groups in total. The first-order valence-corrected chi connectivity index (χ1v) is 10.6. The van der Waals surface area contributed by atoms with Crippen LogP contribution in [0.5, 0.6) is 0 Å². The monoisotopic (exact) mass is 503 g/mol. The van der Waals surface area contributed by atoms with Crippen molar-refractivity contribution in [3.63, 3.8) is 0 Å². The molecule has 1 amide bonds. The summed E-state index contributed by atoms with van der Waals surface area (Å²) < 4.78 is 40.3. The van der Waals surface area contributed by atoms with Crippen molar-refractivity contribution in [1.29, 1.82) is 0 Å². The number of nitrogens with one attached hydrogen (secondary N) is 3. The molecule has 1 aliphatic rings. The molecule has 0 spiro atoms. The van der Waals surface area contributed by atoms with Crippen molar-refractivity contribution in [2.45, 2.75) is 45.3 Å². The van der Waals surface area contributed by atoms with E-state index in [0.29, 0.717) is 10.6 Å². The molecule has 2 heterocycles. The van der Waals surface area contributed by atoms with Crippen molar-refractivity contribution in [3.05, 3.63) is 63.4 Å². The maximum absolute atomic E-state index is 13.4. The zero-order valence-corrected chi connectivity index (χ0v) is 19.3. The van der Waals surface area contributed by atoms with Gasteiger partial charge in [0.2, 0.25) is 0 Å². The van der Waals surface area contributed by atoms with Crippen molar-refractivity contribution in [2.75, 3.05) is 10.3 Å². The quantitative estimate of drug-likeness (QED) is 0.435. The first-order chi connectivity index (χ1) is 15.4. The lowest BCUT2D eigenvalue weighted by Crippen LogP contribution is -2.46. The molecule has 2 unspecified atom stereocenters. The van der Waals surface area contributed by atoms with Gasteiger partial charge in [0.15, 0.2) is 5.82 Å². The van der Waals surface area contributed by atoms with Gasteiger partial charge in [-0.3, -0.25) is 15.1 Å². The van der Waals surface area contributed by atoms with Crippen LogP contribution in [0.4, 0.5) is 24.7 Å². The van der Waals surface area contributed by atoms with Gasteiger partial charge in [-0.15, -0.1) is 0 Å². The molecule has 0 radical (unpaired) electrons. The van der Waals surface area contributed by atoms with E-state index in [1.54, 1.807) is 13.0 Å². The van der Waals surface area contributed by atoms with Crippen LogP contribution in [-0.2, 0) is 4.79 Å². The molecular weight excluding hydrogens is 482 g/mol. The first kappa shape index (κ1) is 25.3. The highest BCUT2D eigenvalue weighted by Crippen LogP contribution is 2.34. The molecule has 0 bridgehead atoms. The topological polar surface area (TPSA) is 89.5 Å². The second kappa shape index (κ2) is 9.86. The molecule has 0 aliphatic carbocycles. The van der Waals surface area contributed by atoms with Crippen LogP contribution in [0, 0.1) is 6.92 Å². The summed E-state index contributed by atoms with van der Waals surface area (Å²) in [6.45, 7) is 5.29. The van der Waals surface area contributed by atoms with Crippen molar-refractivity contribution >= 4 is 40.6 Å². The Morgan fingerprint density at radius 1 is 1.30 bits per heavy atom. The molecule has 3 rings (SSSR count). The maximum atomic E-state index is 13.4. The third kappa shape index (κ3) is 5.77. The van der Waals surface area contributed by atoms with Crippen LogP contribution < -0.4 is 21.1 Å². The third-order valence-corrected chi connectivity index (χ3v) is 5.24. The Balaban J connectivity index is 2.00. The second-order valence-corrected chi connectivity index (χ2v) is 8.55. The molecule has 1 aliphatic heterocycles. The number of rotatable bonds is 6. The van der Waals surface area contributed by atoms with Gasteiger partial charge in [-0.1, -0.05) is 23.2 Å². The molecular formula is C21H22Cl2F3N5O2. The molecule has 1 aromatic carbocycles. The summed E-state index contributed by atoms with van der Waals surface area (Å²) in [4.78, 5) is 17.2. The Morgan fingerprint density at radius 2 is 2.00 bits per heavy atom. The van der Waals surface area contributed by atoms with Crippen LogP contribution in [-0.4, -0.2) is 34.3 Å². The number of aliphatic hydroxyl groups is 1. The highest BCUT2D eigenvalue weighted by Gasteiger charge is 2.45. The van der Waals surface area contributed by atoms with E-state index in [2.05, 4.69) is 21.0 Å². The number of hydrogen-bond donors (Lipinski definition) is 4. The number of alkyl halides is 3. The Morgan fingerprint density at radius 3 is 2.61 bits per heavy atom. The summed E-state index contributed by atoms with van der Waals surface area (Å²) in [6.07, 6.45) is -3.76. The number of carbonyl (C=O) groups excluding carboxylic acids is 1. The van der Waals surface area contributed by atoms with Crippen molar-refractivity contribution in [3.8, 4) is 0 Å². The molecule has 2 atom stereocenters. The second-order valence-electron chi connectivity index (χ2n) is 7.71. The van der Waals surface area contributed by atoms with Crippen LogP contribution >= 0.6 is 23.2 Å². The molecule has 0 fully saturated rings. The number of hydrogen-bond acceptors (Lipinski definition) is 6. The Kier molecular flexibility index (Phi) is 7.55. The number of nitrogens with zero attached hydrogens (tertiary/aromatic N) is 2. The van der Waals surface area contributed by atoms with Gasteiger partial charge in [0.1, 0.15) is 18.0 Å². The number of aryl methyl sites for hydroxylation is 1. The lowest BCUT2D eigenvalue weighted by Gasteiger charge is -2.25. The van der Waals surface area contributed by atoms with Gasteiger partial charge < -0.3 is 10.4 Å². The molecule has 0 saturated heterocycles. The van der Waals surface area contributed by atoms with Crippen LogP contribution in [0.15, 0.2) is 42.2 Å². The highest BCUT2D eigenvalue weighted by atomic mass is 35.5. The van der Waals surface area contributed by atoms with Crippen molar-refractivity contribution in [2.24, 2.45) is 0 Å². The van der Waals surface area contributed by atoms with Crippen LogP contribution in [0.1, 0.15) is 31.2 Å². The number of aliphatic hydroxyl groups excluding tert-OH is 1. The smallest absolute Gasteiger partial charge is 0.374 e. The van der Waals surface area contributed by atoms with Gasteiger partial charge in [-0.2, -0.15) is 13.2 Å². The van der Waals surface area contributed by atoms with E-state index in [-0.39, 0.29) is 33.8 Å². The Hall–Kier alpha value is -2.37. The summed E-state index contributed by atoms with van der Waals surface area (Å²) in [5.41, 5.74) is 2.85. The highest BCUT2D eigenvalue weighted by molar-refractivity contribution is 6.33. The van der Waals surface area contributed by atoms with E-state index in [1.807, 2.05) is 13.8 Å². The number of benzene rings is 1. The summed E-state index contributed by atoms with van der Waals surface area (Å²) in [6, 6.07) is 3.76. The minimum atomic E-state index is -4.67. The number of anilines is 2. The number of amides is 1. The van der Waals surface area contributed by atoms with E-state index in [4.69, 9.17) is 23.2 Å². The van der Waals surface area contributed by atoms with Crippen LogP contribution in [0.3, 0.4) is 0 Å². The Labute approximate surface area is 198 Å². The number of halogens is 5. The minimum Gasteiger partial charge on any atom is -0.374 e. The summed E-state index contributed by atoms with van der Waals surface area (Å²) in [5, 5.41) is 17.3. The van der Waals surface area contributed by atoms with E-state index >= 15 is 0 Å². The molecule has 1 aromatic heterocycles. The molecule has 178 valence electrons. The van der Waals surface area contributed by atoms with E-state index in [0.717, 1.165) is 11.1 Å². The van der Waals surface area contributed by atoms with E-state index in [1.165, 1.54) is 24.4 Å². The van der Waals surface area contributed by atoms with Gasteiger partial charge in [0, 0.05) is 22.8 Å². The van der Waals surface area contributed by atoms with Gasteiger partial charge in [0.25, 0.3) is 5.91 Å². The minimum absolute atomic E-state index is 0.0476. The SMILES string of the molecule is Cc1cc(Cl)cc(C(O)NC(C)C)c1NC(=O)C1=CC(C(F)(F)F)NN1c1ncccc1Cl. The molecule has 0 saturated carbocycles. The number of hydrazine groups is 1. The zero-order chi connectivity index (χ0) is 24.5. The predicted molar refractivity (Wildman–Crippen MR) is 121 cm³/mol. The van der Waals surface area contributed by atoms with Crippen LogP contribution in [0.25, 0.3) is 0 Å². The van der Waals surface area contributed by atoms with E-state index in [9.17, 15) is 23.1 Å². The number of pyridine rings is 1. The van der Waals surface area contributed by atoms with Crippen molar-refractivity contribution < 1.29 is 23.1 Å². The van der Waals surface area contributed by atoms with Gasteiger partial charge in [-0.25, -0.2) is 10.4 Å². The molecule has 7 nitrogen and oxygen atoms in total. The van der Waals surface area contributed by atoms with Gasteiger partial charge >= 0.3 is 6.18 Å². The number of carbonyl (C=O) groups is 1. The largest absolute Gasteiger partial charge is 0.409 e. The molecule has 33 heavy (non-hydrogen) atoms. The summed E-state index contributed by atoms with van der Waals surface area (Å²) in [5.74, 6) is -0.929. The maximum Gasteiger partial charge on any atom is 0.409 e. The number of aromatic nitrogens is 1. The predicted octanol–water partition coefficient (Wildman–Crippen LogP) is 4.46. The van der Waals surface area contributed by atoms with Gasteiger partial charge in [0.05, 0.1) is 10.7 Å². The normalized spacial score (nSPS) is 17.3. The Bertz CT molecular complexity index is 1080. The van der Waals surface area contributed by atoms with Gasteiger partial charge in [-0.05, 0) is 56.7 Å². The summed E-state index contributed by atoms with van der Waals surface area (Å²) >= 11 is 12.2. The standard InChI is InChI=1S/C21H22Cl2F3N5O2/c1-10(2)28-19(32)13-8-12(22)7-11(3)17(13)29-20(33)15-9-16(21(24,25)26)30-31(15)18-14(23)5-4-6-27-18/h4-10,16,19,28,30,32H,1-3H3,(H,29,33).